The molecule has 19 heavy (non-hydrogen) atoms. The van der Waals surface area contributed by atoms with Gasteiger partial charge in [-0.3, -0.25) is 4.68 Å². The minimum atomic E-state index is 0.218. The molecule has 0 spiro atoms. The van der Waals surface area contributed by atoms with Crippen LogP contribution in [-0.4, -0.2) is 14.8 Å². The molecule has 1 N–H and O–H groups in total. The summed E-state index contributed by atoms with van der Waals surface area (Å²) < 4.78 is 1.95. The Balaban J connectivity index is 2.06. The Labute approximate surface area is 122 Å². The van der Waals surface area contributed by atoms with E-state index >= 15 is 0 Å². The first-order valence-corrected chi connectivity index (χ1v) is 7.65. The van der Waals surface area contributed by atoms with Crippen LogP contribution >= 0.6 is 22.9 Å². The van der Waals surface area contributed by atoms with Gasteiger partial charge in [-0.1, -0.05) is 11.6 Å². The number of nitrogens with one attached hydrogen (secondary N) is 1. The molecule has 6 heteroatoms. The zero-order valence-electron chi connectivity index (χ0n) is 11.7. The Morgan fingerprint density at radius 2 is 2.21 bits per heavy atom. The van der Waals surface area contributed by atoms with Crippen LogP contribution in [0.4, 0.5) is 0 Å². The average Bonchev–Trinajstić information content (AvgIpc) is 2.93. The summed E-state index contributed by atoms with van der Waals surface area (Å²) in [6.45, 7) is 9.67. The number of aromatic nitrogens is 3. The summed E-state index contributed by atoms with van der Waals surface area (Å²) in [4.78, 5) is 4.49. The minimum absolute atomic E-state index is 0.218. The van der Waals surface area contributed by atoms with Crippen LogP contribution in [0.1, 0.15) is 42.0 Å². The Hall–Kier alpha value is -0.910. The predicted octanol–water partition coefficient (Wildman–Crippen LogP) is 3.48. The fraction of sp³-hybridized carbons (Fsp3) is 0.538. The van der Waals surface area contributed by atoms with E-state index in [-0.39, 0.29) is 6.04 Å². The zero-order valence-corrected chi connectivity index (χ0v) is 13.3. The standard InChI is InChI=1S/C13H19ClN4S/c1-5-18-11(12(14)9(3)17-18)6-15-10(4)13-16-8(2)7-19-13/h7,10,15H,5-6H2,1-4H3. The van der Waals surface area contributed by atoms with Crippen LogP contribution in [0.15, 0.2) is 5.38 Å². The van der Waals surface area contributed by atoms with Gasteiger partial charge in [0.05, 0.1) is 22.5 Å². The third-order valence-electron chi connectivity index (χ3n) is 3.04. The maximum atomic E-state index is 6.29. The van der Waals surface area contributed by atoms with Crippen LogP contribution in [0.3, 0.4) is 0 Å². The Kier molecular flexibility index (Phi) is 4.60. The molecule has 0 fully saturated rings. The highest BCUT2D eigenvalue weighted by atomic mass is 35.5. The lowest BCUT2D eigenvalue weighted by atomic mass is 10.3. The van der Waals surface area contributed by atoms with Crippen molar-refractivity contribution in [2.24, 2.45) is 0 Å². The molecule has 1 unspecified atom stereocenters. The van der Waals surface area contributed by atoms with Crippen molar-refractivity contribution < 1.29 is 0 Å². The number of halogens is 1. The molecule has 2 aromatic rings. The van der Waals surface area contributed by atoms with E-state index in [1.807, 2.05) is 18.5 Å². The molecule has 1 atom stereocenters. The van der Waals surface area contributed by atoms with Crippen molar-refractivity contribution in [2.45, 2.75) is 46.8 Å². The Morgan fingerprint density at radius 1 is 1.47 bits per heavy atom. The van der Waals surface area contributed by atoms with Crippen LogP contribution in [-0.2, 0) is 13.1 Å². The van der Waals surface area contributed by atoms with Crippen LogP contribution in [0.5, 0.6) is 0 Å². The molecule has 0 bridgehead atoms. The third kappa shape index (κ3) is 3.16. The summed E-state index contributed by atoms with van der Waals surface area (Å²) in [6.07, 6.45) is 0. The number of nitrogens with zero attached hydrogens (tertiary/aromatic N) is 3. The maximum Gasteiger partial charge on any atom is 0.110 e. The topological polar surface area (TPSA) is 42.7 Å². The summed E-state index contributed by atoms with van der Waals surface area (Å²) in [5.41, 5.74) is 3.00. The summed E-state index contributed by atoms with van der Waals surface area (Å²) in [7, 11) is 0. The highest BCUT2D eigenvalue weighted by molar-refractivity contribution is 7.09. The van der Waals surface area contributed by atoms with Gasteiger partial charge in [0.1, 0.15) is 5.01 Å². The van der Waals surface area contributed by atoms with Gasteiger partial charge in [0, 0.05) is 24.2 Å². The fourth-order valence-corrected chi connectivity index (χ4v) is 2.98. The van der Waals surface area contributed by atoms with E-state index in [9.17, 15) is 0 Å². The summed E-state index contributed by atoms with van der Waals surface area (Å²) >= 11 is 7.97. The smallest absolute Gasteiger partial charge is 0.110 e. The number of rotatable bonds is 5. The molecule has 0 saturated heterocycles. The normalized spacial score (nSPS) is 12.9. The van der Waals surface area contributed by atoms with Crippen molar-refractivity contribution in [3.05, 3.63) is 32.5 Å². The first kappa shape index (κ1) is 14.5. The molecule has 2 rings (SSSR count). The fourth-order valence-electron chi connectivity index (χ4n) is 1.95. The second kappa shape index (κ2) is 6.03. The largest absolute Gasteiger partial charge is 0.302 e. The van der Waals surface area contributed by atoms with E-state index in [0.717, 1.165) is 33.7 Å². The lowest BCUT2D eigenvalue weighted by Gasteiger charge is -2.12. The minimum Gasteiger partial charge on any atom is -0.302 e. The van der Waals surface area contributed by atoms with Gasteiger partial charge in [0.25, 0.3) is 0 Å². The molecular formula is C13H19ClN4S. The molecule has 0 aromatic carbocycles. The molecular weight excluding hydrogens is 280 g/mol. The van der Waals surface area contributed by atoms with Gasteiger partial charge in [0.2, 0.25) is 0 Å². The SMILES string of the molecule is CCn1nc(C)c(Cl)c1CNC(C)c1nc(C)cs1. The first-order chi connectivity index (χ1) is 9.02. The molecule has 0 aliphatic rings. The molecule has 2 aromatic heterocycles. The van der Waals surface area contributed by atoms with Crippen molar-refractivity contribution in [3.63, 3.8) is 0 Å². The van der Waals surface area contributed by atoms with Gasteiger partial charge in [-0.15, -0.1) is 11.3 Å². The average molecular weight is 299 g/mol. The van der Waals surface area contributed by atoms with Crippen LogP contribution in [0.2, 0.25) is 5.02 Å². The van der Waals surface area contributed by atoms with Crippen LogP contribution in [0, 0.1) is 13.8 Å². The molecule has 0 aliphatic heterocycles. The van der Waals surface area contributed by atoms with E-state index in [0.29, 0.717) is 6.54 Å². The third-order valence-corrected chi connectivity index (χ3v) is 4.67. The van der Waals surface area contributed by atoms with Gasteiger partial charge < -0.3 is 5.32 Å². The summed E-state index contributed by atoms with van der Waals surface area (Å²) in [6, 6.07) is 0.218. The lowest BCUT2D eigenvalue weighted by molar-refractivity contribution is 0.529. The van der Waals surface area contributed by atoms with Crippen LogP contribution < -0.4 is 5.32 Å². The van der Waals surface area contributed by atoms with Crippen molar-refractivity contribution in [1.82, 2.24) is 20.1 Å². The second-order valence-electron chi connectivity index (χ2n) is 4.59. The molecule has 0 radical (unpaired) electrons. The zero-order chi connectivity index (χ0) is 14.0. The predicted molar refractivity (Wildman–Crippen MR) is 79.8 cm³/mol. The lowest BCUT2D eigenvalue weighted by Crippen LogP contribution is -2.20. The van der Waals surface area contributed by atoms with E-state index in [1.165, 1.54) is 0 Å². The molecule has 2 heterocycles. The van der Waals surface area contributed by atoms with Crippen molar-refractivity contribution in [2.75, 3.05) is 0 Å². The highest BCUT2D eigenvalue weighted by Crippen LogP contribution is 2.22. The van der Waals surface area contributed by atoms with Gasteiger partial charge in [-0.05, 0) is 27.7 Å². The number of hydrogen-bond donors (Lipinski definition) is 1. The van der Waals surface area contributed by atoms with Gasteiger partial charge in [0.15, 0.2) is 0 Å². The van der Waals surface area contributed by atoms with E-state index in [1.54, 1.807) is 11.3 Å². The maximum absolute atomic E-state index is 6.29. The molecule has 104 valence electrons. The van der Waals surface area contributed by atoms with Gasteiger partial charge in [-0.2, -0.15) is 5.10 Å². The van der Waals surface area contributed by atoms with Crippen molar-refractivity contribution in [1.29, 1.82) is 0 Å². The number of thiazole rings is 1. The van der Waals surface area contributed by atoms with Crippen LogP contribution in [0.25, 0.3) is 0 Å². The molecule has 0 saturated carbocycles. The van der Waals surface area contributed by atoms with E-state index < -0.39 is 0 Å². The molecule has 4 nitrogen and oxygen atoms in total. The van der Waals surface area contributed by atoms with Crippen molar-refractivity contribution >= 4 is 22.9 Å². The molecule has 0 aliphatic carbocycles. The highest BCUT2D eigenvalue weighted by Gasteiger charge is 2.15. The number of aryl methyl sites for hydroxylation is 3. The van der Waals surface area contributed by atoms with Gasteiger partial charge >= 0.3 is 0 Å². The first-order valence-electron chi connectivity index (χ1n) is 6.40. The monoisotopic (exact) mass is 298 g/mol. The van der Waals surface area contributed by atoms with Crippen molar-refractivity contribution in [3.8, 4) is 0 Å². The Morgan fingerprint density at radius 3 is 2.79 bits per heavy atom. The Bertz CT molecular complexity index is 561. The second-order valence-corrected chi connectivity index (χ2v) is 5.86. The summed E-state index contributed by atoms with van der Waals surface area (Å²) in [5.74, 6) is 0. The van der Waals surface area contributed by atoms with E-state index in [2.05, 4.69) is 34.6 Å². The molecule has 0 amide bonds. The van der Waals surface area contributed by atoms with E-state index in [4.69, 9.17) is 11.6 Å². The summed E-state index contributed by atoms with van der Waals surface area (Å²) in [5, 5.41) is 11.8. The van der Waals surface area contributed by atoms with Gasteiger partial charge in [-0.25, -0.2) is 4.98 Å². The quantitative estimate of drug-likeness (QED) is 0.919. The number of hydrogen-bond acceptors (Lipinski definition) is 4.